The minimum atomic E-state index is 0.124. The van der Waals surface area contributed by atoms with E-state index in [1.807, 2.05) is 16.8 Å². The van der Waals surface area contributed by atoms with Gasteiger partial charge in [-0.2, -0.15) is 0 Å². The smallest absolute Gasteiger partial charge is 0.250 e. The predicted octanol–water partition coefficient (Wildman–Crippen LogP) is 2.56. The van der Waals surface area contributed by atoms with Crippen LogP contribution >= 0.6 is 0 Å². The zero-order valence-electron chi connectivity index (χ0n) is 9.79. The van der Waals surface area contributed by atoms with Crippen LogP contribution in [0.5, 0.6) is 0 Å². The van der Waals surface area contributed by atoms with Gasteiger partial charge in [-0.15, -0.1) is 0 Å². The average Bonchev–Trinajstić information content (AvgIpc) is 2.90. The first-order valence-corrected chi connectivity index (χ1v) is 5.68. The number of rotatable bonds is 2. The molecule has 0 saturated heterocycles. The van der Waals surface area contributed by atoms with Gasteiger partial charge in [0.1, 0.15) is 0 Å². The molecular weight excluding hydrogens is 186 g/mol. The Morgan fingerprint density at radius 2 is 2.00 bits per heavy atom. The van der Waals surface area contributed by atoms with E-state index in [1.54, 1.807) is 6.07 Å². The zero-order chi connectivity index (χ0) is 11.1. The van der Waals surface area contributed by atoms with E-state index in [4.69, 9.17) is 0 Å². The van der Waals surface area contributed by atoms with Crippen LogP contribution in [0.3, 0.4) is 0 Å². The third-order valence-corrected chi connectivity index (χ3v) is 3.00. The van der Waals surface area contributed by atoms with Crippen LogP contribution in [-0.4, -0.2) is 4.57 Å². The van der Waals surface area contributed by atoms with E-state index >= 15 is 0 Å². The van der Waals surface area contributed by atoms with Gasteiger partial charge in [-0.1, -0.05) is 26.8 Å². The summed E-state index contributed by atoms with van der Waals surface area (Å²) in [5.74, 6) is 0.748. The van der Waals surface area contributed by atoms with Gasteiger partial charge in [-0.05, 0) is 29.7 Å². The van der Waals surface area contributed by atoms with Gasteiger partial charge in [0.25, 0.3) is 5.56 Å². The van der Waals surface area contributed by atoms with Crippen molar-refractivity contribution in [1.29, 1.82) is 0 Å². The van der Waals surface area contributed by atoms with Crippen LogP contribution in [0.1, 0.15) is 39.2 Å². The van der Waals surface area contributed by atoms with Crippen LogP contribution in [0.2, 0.25) is 0 Å². The summed E-state index contributed by atoms with van der Waals surface area (Å²) in [6.45, 7) is 7.43. The Hall–Kier alpha value is -1.05. The number of aromatic nitrogens is 1. The molecule has 0 spiro atoms. The van der Waals surface area contributed by atoms with Gasteiger partial charge in [-0.3, -0.25) is 4.79 Å². The molecule has 1 aromatic rings. The third kappa shape index (κ3) is 2.49. The number of hydrogen-bond acceptors (Lipinski definition) is 1. The molecule has 15 heavy (non-hydrogen) atoms. The highest BCUT2D eigenvalue weighted by Crippen LogP contribution is 2.30. The highest BCUT2D eigenvalue weighted by atomic mass is 16.1. The van der Waals surface area contributed by atoms with Crippen molar-refractivity contribution in [2.45, 2.75) is 45.6 Å². The average molecular weight is 205 g/mol. The van der Waals surface area contributed by atoms with Crippen LogP contribution in [0.4, 0.5) is 0 Å². The lowest BCUT2D eigenvalue weighted by atomic mass is 9.88. The van der Waals surface area contributed by atoms with Gasteiger partial charge in [0.05, 0.1) is 0 Å². The number of nitrogens with zero attached hydrogens (tertiary/aromatic N) is 1. The largest absolute Gasteiger partial charge is 0.315 e. The van der Waals surface area contributed by atoms with Crippen molar-refractivity contribution in [2.24, 2.45) is 5.92 Å². The Bertz CT molecular complexity index is 407. The van der Waals surface area contributed by atoms with Gasteiger partial charge < -0.3 is 4.57 Å². The molecule has 82 valence electrons. The molecule has 1 fully saturated rings. The lowest BCUT2D eigenvalue weighted by Crippen LogP contribution is -2.23. The third-order valence-electron chi connectivity index (χ3n) is 3.00. The maximum Gasteiger partial charge on any atom is 0.250 e. The van der Waals surface area contributed by atoms with E-state index in [0.29, 0.717) is 0 Å². The summed E-state index contributed by atoms with van der Waals surface area (Å²) in [4.78, 5) is 11.6. The maximum absolute atomic E-state index is 11.6. The molecule has 0 amide bonds. The Kier molecular flexibility index (Phi) is 2.45. The van der Waals surface area contributed by atoms with Crippen molar-refractivity contribution >= 4 is 0 Å². The van der Waals surface area contributed by atoms with E-state index in [2.05, 4.69) is 20.8 Å². The molecule has 0 atom stereocenters. The monoisotopic (exact) mass is 205 g/mol. The summed E-state index contributed by atoms with van der Waals surface area (Å²) in [5, 5.41) is 0. The molecule has 1 aliphatic carbocycles. The number of hydrogen-bond donors (Lipinski definition) is 0. The first kappa shape index (κ1) is 10.5. The second kappa shape index (κ2) is 3.51. The molecule has 0 radical (unpaired) electrons. The molecule has 0 aromatic carbocycles. The fourth-order valence-electron chi connectivity index (χ4n) is 1.70. The predicted molar refractivity (Wildman–Crippen MR) is 62.1 cm³/mol. The highest BCUT2D eigenvalue weighted by Gasteiger charge is 2.22. The highest BCUT2D eigenvalue weighted by molar-refractivity contribution is 5.19. The molecular formula is C13H19NO. The van der Waals surface area contributed by atoms with Crippen molar-refractivity contribution in [3.63, 3.8) is 0 Å². The summed E-state index contributed by atoms with van der Waals surface area (Å²) in [7, 11) is 0. The lowest BCUT2D eigenvalue weighted by molar-refractivity contribution is 0.555. The van der Waals surface area contributed by atoms with Crippen molar-refractivity contribution in [3.8, 4) is 0 Å². The fourth-order valence-corrected chi connectivity index (χ4v) is 1.70. The molecule has 0 aliphatic heterocycles. The van der Waals surface area contributed by atoms with Crippen molar-refractivity contribution in [2.75, 3.05) is 0 Å². The van der Waals surface area contributed by atoms with Crippen molar-refractivity contribution < 1.29 is 0 Å². The molecule has 0 N–H and O–H groups in total. The summed E-state index contributed by atoms with van der Waals surface area (Å²) >= 11 is 0. The second-order valence-corrected chi connectivity index (χ2v) is 5.60. The minimum absolute atomic E-state index is 0.124. The van der Waals surface area contributed by atoms with Crippen molar-refractivity contribution in [1.82, 2.24) is 4.57 Å². The summed E-state index contributed by atoms with van der Waals surface area (Å²) in [6.07, 6.45) is 4.60. The van der Waals surface area contributed by atoms with Gasteiger partial charge in [0.15, 0.2) is 0 Å². The molecule has 1 aliphatic rings. The van der Waals surface area contributed by atoms with Crippen LogP contribution in [0.15, 0.2) is 23.1 Å². The van der Waals surface area contributed by atoms with E-state index in [9.17, 15) is 4.79 Å². The van der Waals surface area contributed by atoms with Crippen LogP contribution < -0.4 is 5.56 Å². The standard InChI is InChI=1S/C13H19NO/c1-13(2,3)11-6-7-12(15)14(9-11)8-10-4-5-10/h6-7,9-10H,4-5,8H2,1-3H3. The topological polar surface area (TPSA) is 22.0 Å². The van der Waals surface area contributed by atoms with E-state index in [-0.39, 0.29) is 11.0 Å². The van der Waals surface area contributed by atoms with Crippen LogP contribution in [-0.2, 0) is 12.0 Å². The van der Waals surface area contributed by atoms with E-state index in [1.165, 1.54) is 18.4 Å². The molecule has 1 aromatic heterocycles. The minimum Gasteiger partial charge on any atom is -0.315 e. The molecule has 2 heteroatoms. The molecule has 2 rings (SSSR count). The normalized spacial score (nSPS) is 16.7. The molecule has 0 unspecified atom stereocenters. The Labute approximate surface area is 90.9 Å². The number of pyridine rings is 1. The van der Waals surface area contributed by atoms with Gasteiger partial charge in [0.2, 0.25) is 0 Å². The molecule has 0 bridgehead atoms. The van der Waals surface area contributed by atoms with Crippen LogP contribution in [0, 0.1) is 5.92 Å². The summed E-state index contributed by atoms with van der Waals surface area (Å²) < 4.78 is 1.87. The maximum atomic E-state index is 11.6. The zero-order valence-corrected chi connectivity index (χ0v) is 9.79. The van der Waals surface area contributed by atoms with Gasteiger partial charge in [0, 0.05) is 18.8 Å². The lowest BCUT2D eigenvalue weighted by Gasteiger charge is -2.20. The van der Waals surface area contributed by atoms with Gasteiger partial charge in [-0.25, -0.2) is 0 Å². The Morgan fingerprint density at radius 1 is 1.33 bits per heavy atom. The van der Waals surface area contributed by atoms with E-state index < -0.39 is 0 Å². The van der Waals surface area contributed by atoms with Crippen molar-refractivity contribution in [3.05, 3.63) is 34.2 Å². The van der Waals surface area contributed by atoms with Gasteiger partial charge >= 0.3 is 0 Å². The van der Waals surface area contributed by atoms with Crippen LogP contribution in [0.25, 0.3) is 0 Å². The first-order chi connectivity index (χ1) is 6.97. The molecule has 1 heterocycles. The molecule has 2 nitrogen and oxygen atoms in total. The Morgan fingerprint density at radius 3 is 2.53 bits per heavy atom. The second-order valence-electron chi connectivity index (χ2n) is 5.60. The quantitative estimate of drug-likeness (QED) is 0.727. The van der Waals surface area contributed by atoms with E-state index in [0.717, 1.165) is 12.5 Å². The SMILES string of the molecule is CC(C)(C)c1ccc(=O)n(CC2CC2)c1. The fraction of sp³-hybridized carbons (Fsp3) is 0.615. The summed E-state index contributed by atoms with van der Waals surface area (Å²) in [6, 6.07) is 3.65. The summed E-state index contributed by atoms with van der Waals surface area (Å²) in [5.41, 5.74) is 1.50. The Balaban J connectivity index is 2.31. The molecule has 1 saturated carbocycles. The first-order valence-electron chi connectivity index (χ1n) is 5.68.